The van der Waals surface area contributed by atoms with E-state index in [1.165, 1.54) is 17.9 Å². The minimum atomic E-state index is -1.08. The van der Waals surface area contributed by atoms with Crippen LogP contribution in [0.1, 0.15) is 18.1 Å². The van der Waals surface area contributed by atoms with Gasteiger partial charge in [-0.2, -0.15) is 0 Å². The molecule has 2 aromatic rings. The number of benzene rings is 2. The number of aryl methyl sites for hydroxylation is 1. The van der Waals surface area contributed by atoms with Gasteiger partial charge in [-0.25, -0.2) is 4.79 Å². The summed E-state index contributed by atoms with van der Waals surface area (Å²) in [6, 6.07) is 13.6. The van der Waals surface area contributed by atoms with Gasteiger partial charge in [-0.15, -0.1) is 0 Å². The first kappa shape index (κ1) is 20.2. The van der Waals surface area contributed by atoms with Crippen LogP contribution in [0.15, 0.2) is 54.1 Å². The molecule has 1 fully saturated rings. The zero-order valence-electron chi connectivity index (χ0n) is 15.7. The Labute approximate surface area is 172 Å². The Bertz CT molecular complexity index is 1030. The minimum absolute atomic E-state index is 0.0258. The molecule has 0 unspecified atom stereocenters. The first-order valence-electron chi connectivity index (χ1n) is 8.74. The number of carbonyl (C=O) groups is 3. The normalized spacial score (nSPS) is 16.6. The summed E-state index contributed by atoms with van der Waals surface area (Å²) in [5.41, 5.74) is 1.96. The standard InChI is InChI=1S/C21H18N2O5S/c1-12-5-3-4-6-17(12)23-19(25)16(18(24)22-21(23)29)11-14-7-9-15(10-8-14)28-13(2)20(26)27/h3-11,13H,1-2H3,(H,26,27)(H,22,24,29)/b16-11-/t13-/m0/s1. The van der Waals surface area contributed by atoms with Gasteiger partial charge < -0.3 is 9.84 Å². The first-order chi connectivity index (χ1) is 13.8. The van der Waals surface area contributed by atoms with Crippen molar-refractivity contribution < 1.29 is 24.2 Å². The molecule has 29 heavy (non-hydrogen) atoms. The highest BCUT2D eigenvalue weighted by molar-refractivity contribution is 7.80. The van der Waals surface area contributed by atoms with Gasteiger partial charge in [-0.05, 0) is 61.5 Å². The topological polar surface area (TPSA) is 95.9 Å². The van der Waals surface area contributed by atoms with Crippen molar-refractivity contribution in [3.05, 3.63) is 65.2 Å². The van der Waals surface area contributed by atoms with Crippen molar-refractivity contribution in [3.63, 3.8) is 0 Å². The largest absolute Gasteiger partial charge is 0.479 e. The molecule has 8 heteroatoms. The number of nitrogens with zero attached hydrogens (tertiary/aromatic N) is 1. The second-order valence-electron chi connectivity index (χ2n) is 6.41. The fourth-order valence-corrected chi connectivity index (χ4v) is 3.03. The molecule has 0 radical (unpaired) electrons. The van der Waals surface area contributed by atoms with Crippen LogP contribution in [0.2, 0.25) is 0 Å². The molecule has 2 aromatic carbocycles. The molecule has 148 valence electrons. The Morgan fingerprint density at radius 2 is 1.83 bits per heavy atom. The lowest BCUT2D eigenvalue weighted by molar-refractivity contribution is -0.144. The van der Waals surface area contributed by atoms with Gasteiger partial charge in [0, 0.05) is 0 Å². The molecule has 0 saturated carbocycles. The number of hydrogen-bond donors (Lipinski definition) is 2. The quantitative estimate of drug-likeness (QED) is 0.447. The number of amides is 2. The van der Waals surface area contributed by atoms with E-state index in [9.17, 15) is 14.4 Å². The monoisotopic (exact) mass is 410 g/mol. The molecule has 1 aliphatic heterocycles. The van der Waals surface area contributed by atoms with E-state index in [1.54, 1.807) is 36.4 Å². The molecule has 0 aromatic heterocycles. The van der Waals surface area contributed by atoms with Crippen molar-refractivity contribution >= 4 is 46.9 Å². The number of rotatable bonds is 5. The molecule has 2 amide bonds. The molecule has 1 saturated heterocycles. The number of hydrogen-bond acceptors (Lipinski definition) is 5. The predicted molar refractivity (Wildman–Crippen MR) is 112 cm³/mol. The minimum Gasteiger partial charge on any atom is -0.479 e. The van der Waals surface area contributed by atoms with Crippen molar-refractivity contribution in [2.45, 2.75) is 20.0 Å². The number of para-hydroxylation sites is 1. The molecule has 1 atom stereocenters. The summed E-state index contributed by atoms with van der Waals surface area (Å²) in [4.78, 5) is 37.5. The zero-order valence-corrected chi connectivity index (χ0v) is 16.5. The Morgan fingerprint density at radius 3 is 2.45 bits per heavy atom. The van der Waals surface area contributed by atoms with Crippen molar-refractivity contribution in [1.82, 2.24) is 5.32 Å². The Hall–Kier alpha value is -3.52. The summed E-state index contributed by atoms with van der Waals surface area (Å²) in [6.07, 6.45) is 0.461. The van der Waals surface area contributed by atoms with E-state index in [1.807, 2.05) is 19.1 Å². The lowest BCUT2D eigenvalue weighted by Gasteiger charge is -2.30. The van der Waals surface area contributed by atoms with Crippen LogP contribution in [-0.2, 0) is 14.4 Å². The maximum atomic E-state index is 13.0. The Balaban J connectivity index is 1.89. The fourth-order valence-electron chi connectivity index (χ4n) is 2.75. The van der Waals surface area contributed by atoms with Gasteiger partial charge in [0.1, 0.15) is 11.3 Å². The maximum absolute atomic E-state index is 13.0. The smallest absolute Gasteiger partial charge is 0.344 e. The number of carbonyl (C=O) groups excluding carboxylic acids is 2. The van der Waals surface area contributed by atoms with Crippen LogP contribution in [0.25, 0.3) is 6.08 Å². The van der Waals surface area contributed by atoms with Crippen LogP contribution < -0.4 is 15.0 Å². The lowest BCUT2D eigenvalue weighted by Crippen LogP contribution is -2.54. The molecular weight excluding hydrogens is 392 g/mol. The number of anilines is 1. The van der Waals surface area contributed by atoms with Crippen LogP contribution in [0, 0.1) is 6.92 Å². The number of nitrogens with one attached hydrogen (secondary N) is 1. The number of carboxylic acid groups (broad SMARTS) is 1. The van der Waals surface area contributed by atoms with Crippen molar-refractivity contribution in [2.75, 3.05) is 4.90 Å². The van der Waals surface area contributed by atoms with E-state index in [0.717, 1.165) is 5.56 Å². The second kappa shape index (κ2) is 8.24. The van der Waals surface area contributed by atoms with Crippen molar-refractivity contribution in [1.29, 1.82) is 0 Å². The average Bonchev–Trinajstić information content (AvgIpc) is 2.67. The molecular formula is C21H18N2O5S. The number of aliphatic carboxylic acids is 1. The molecule has 3 rings (SSSR count). The molecule has 0 spiro atoms. The van der Waals surface area contributed by atoms with E-state index in [0.29, 0.717) is 17.0 Å². The zero-order chi connectivity index (χ0) is 21.1. The van der Waals surface area contributed by atoms with Crippen LogP contribution in [0.3, 0.4) is 0 Å². The van der Waals surface area contributed by atoms with Crippen molar-refractivity contribution in [3.8, 4) is 5.75 Å². The molecule has 0 bridgehead atoms. The number of ether oxygens (including phenoxy) is 1. The Morgan fingerprint density at radius 1 is 1.17 bits per heavy atom. The highest BCUT2D eigenvalue weighted by Crippen LogP contribution is 2.25. The summed E-state index contributed by atoms with van der Waals surface area (Å²) >= 11 is 5.20. The van der Waals surface area contributed by atoms with Crippen LogP contribution in [0.4, 0.5) is 5.69 Å². The van der Waals surface area contributed by atoms with E-state index in [2.05, 4.69) is 5.32 Å². The van der Waals surface area contributed by atoms with Gasteiger partial charge >= 0.3 is 5.97 Å². The third-order valence-electron chi connectivity index (χ3n) is 4.31. The third kappa shape index (κ3) is 4.33. The van der Waals surface area contributed by atoms with Crippen LogP contribution in [-0.4, -0.2) is 34.1 Å². The van der Waals surface area contributed by atoms with Gasteiger partial charge in [-0.3, -0.25) is 19.8 Å². The first-order valence-corrected chi connectivity index (χ1v) is 9.15. The van der Waals surface area contributed by atoms with Crippen molar-refractivity contribution in [2.24, 2.45) is 0 Å². The van der Waals surface area contributed by atoms with E-state index >= 15 is 0 Å². The molecule has 7 nitrogen and oxygen atoms in total. The predicted octanol–water partition coefficient (Wildman–Crippen LogP) is 2.68. The van der Waals surface area contributed by atoms with Crippen LogP contribution in [0.5, 0.6) is 5.75 Å². The molecule has 1 heterocycles. The molecule has 0 aliphatic carbocycles. The highest BCUT2D eigenvalue weighted by Gasteiger charge is 2.34. The molecule has 1 aliphatic rings. The van der Waals surface area contributed by atoms with E-state index in [4.69, 9.17) is 22.1 Å². The van der Waals surface area contributed by atoms with E-state index < -0.39 is 23.9 Å². The van der Waals surface area contributed by atoms with Gasteiger partial charge in [-0.1, -0.05) is 30.3 Å². The maximum Gasteiger partial charge on any atom is 0.344 e. The number of carboxylic acids is 1. The van der Waals surface area contributed by atoms with Gasteiger partial charge in [0.2, 0.25) is 0 Å². The summed E-state index contributed by atoms with van der Waals surface area (Å²) in [5.74, 6) is -1.81. The van der Waals surface area contributed by atoms with Gasteiger partial charge in [0.25, 0.3) is 11.8 Å². The average molecular weight is 410 g/mol. The van der Waals surface area contributed by atoms with E-state index in [-0.39, 0.29) is 10.7 Å². The highest BCUT2D eigenvalue weighted by atomic mass is 32.1. The summed E-state index contributed by atoms with van der Waals surface area (Å²) < 4.78 is 5.27. The SMILES string of the molecule is Cc1ccccc1N1C(=O)/C(=C\c2ccc(O[C@@H](C)C(=O)O)cc2)C(=O)NC1=S. The molecule has 2 N–H and O–H groups in total. The number of thiocarbonyl (C=S) groups is 1. The van der Waals surface area contributed by atoms with Gasteiger partial charge in [0.15, 0.2) is 11.2 Å². The lowest BCUT2D eigenvalue weighted by atomic mass is 10.1. The van der Waals surface area contributed by atoms with Gasteiger partial charge in [0.05, 0.1) is 5.69 Å². The summed E-state index contributed by atoms with van der Waals surface area (Å²) in [6.45, 7) is 3.27. The Kier molecular flexibility index (Phi) is 5.74. The fraction of sp³-hybridized carbons (Fsp3) is 0.143. The third-order valence-corrected chi connectivity index (χ3v) is 4.59. The summed E-state index contributed by atoms with van der Waals surface area (Å²) in [5, 5.41) is 11.5. The second-order valence-corrected chi connectivity index (χ2v) is 6.80. The van der Waals surface area contributed by atoms with Crippen LogP contribution >= 0.6 is 12.2 Å². The summed E-state index contributed by atoms with van der Waals surface area (Å²) in [7, 11) is 0.